The second kappa shape index (κ2) is 9.50. The van der Waals surface area contributed by atoms with Crippen LogP contribution in [0.5, 0.6) is 0 Å². The van der Waals surface area contributed by atoms with Crippen molar-refractivity contribution in [2.45, 2.75) is 0 Å². The first-order valence-electron chi connectivity index (χ1n) is 13.1. The van der Waals surface area contributed by atoms with Crippen molar-refractivity contribution < 1.29 is 0 Å². The fourth-order valence-electron chi connectivity index (χ4n) is 5.86. The van der Waals surface area contributed by atoms with Crippen molar-refractivity contribution >= 4 is 21.5 Å². The molecule has 0 radical (unpaired) electrons. The molecule has 0 N–H and O–H groups in total. The van der Waals surface area contributed by atoms with Gasteiger partial charge in [-0.1, -0.05) is 158 Å². The lowest BCUT2D eigenvalue weighted by atomic mass is 9.81. The molecule has 0 heteroatoms. The molecule has 0 saturated heterocycles. The van der Waals surface area contributed by atoms with Gasteiger partial charge >= 0.3 is 0 Å². The number of rotatable bonds is 4. The molecule has 0 aliphatic carbocycles. The minimum absolute atomic E-state index is 1.23. The van der Waals surface area contributed by atoms with Crippen molar-refractivity contribution in [3.63, 3.8) is 0 Å². The molecular formula is C38H26. The van der Waals surface area contributed by atoms with Crippen LogP contribution in [-0.4, -0.2) is 0 Å². The summed E-state index contributed by atoms with van der Waals surface area (Å²) in [6, 6.07) is 56.9. The molecule has 0 bridgehead atoms. The molecule has 0 atom stereocenters. The highest BCUT2D eigenvalue weighted by Crippen LogP contribution is 2.49. The van der Waals surface area contributed by atoms with Crippen LogP contribution in [0.2, 0.25) is 0 Å². The lowest BCUT2D eigenvalue weighted by Crippen LogP contribution is -1.95. The van der Waals surface area contributed by atoms with Gasteiger partial charge in [-0.2, -0.15) is 0 Å². The maximum atomic E-state index is 2.30. The van der Waals surface area contributed by atoms with E-state index in [2.05, 4.69) is 158 Å². The Morgan fingerprint density at radius 3 is 0.895 bits per heavy atom. The van der Waals surface area contributed by atoms with Crippen LogP contribution in [0.25, 0.3) is 66.1 Å². The Hall–Kier alpha value is -4.94. The molecule has 7 aromatic rings. The normalized spacial score (nSPS) is 11.2. The first-order chi connectivity index (χ1) is 18.9. The summed E-state index contributed by atoms with van der Waals surface area (Å²) in [5.41, 5.74) is 10.0. The van der Waals surface area contributed by atoms with E-state index in [0.29, 0.717) is 0 Å². The van der Waals surface area contributed by atoms with Crippen LogP contribution in [0.15, 0.2) is 158 Å². The quantitative estimate of drug-likeness (QED) is 0.219. The Bertz CT molecular complexity index is 1730. The van der Waals surface area contributed by atoms with Gasteiger partial charge in [-0.25, -0.2) is 0 Å². The second-order valence-corrected chi connectivity index (χ2v) is 9.67. The summed E-state index contributed by atoms with van der Waals surface area (Å²) in [5, 5.41) is 5.13. The van der Waals surface area contributed by atoms with E-state index in [1.165, 1.54) is 66.1 Å². The molecule has 0 spiro atoms. The van der Waals surface area contributed by atoms with E-state index < -0.39 is 0 Å². The summed E-state index contributed by atoms with van der Waals surface area (Å²) in [6.07, 6.45) is 0. The molecule has 0 unspecified atom stereocenters. The summed E-state index contributed by atoms with van der Waals surface area (Å²) in [6.45, 7) is 0. The van der Waals surface area contributed by atoms with E-state index >= 15 is 0 Å². The van der Waals surface area contributed by atoms with Gasteiger partial charge in [0.2, 0.25) is 0 Å². The average Bonchev–Trinajstić information content (AvgIpc) is 3.01. The Morgan fingerprint density at radius 2 is 0.553 bits per heavy atom. The van der Waals surface area contributed by atoms with Gasteiger partial charge in [-0.3, -0.25) is 0 Å². The van der Waals surface area contributed by atoms with Gasteiger partial charge in [-0.05, 0) is 66.1 Å². The van der Waals surface area contributed by atoms with Crippen LogP contribution in [0.4, 0.5) is 0 Å². The van der Waals surface area contributed by atoms with Gasteiger partial charge in [0.05, 0.1) is 0 Å². The summed E-state index contributed by atoms with van der Waals surface area (Å²) in [4.78, 5) is 0. The summed E-state index contributed by atoms with van der Waals surface area (Å²) in [5.74, 6) is 0. The fraction of sp³-hybridized carbons (Fsp3) is 0. The van der Waals surface area contributed by atoms with Crippen LogP contribution in [0, 0.1) is 0 Å². The maximum absolute atomic E-state index is 2.30. The second-order valence-electron chi connectivity index (χ2n) is 9.67. The summed E-state index contributed by atoms with van der Waals surface area (Å²) in [7, 11) is 0. The molecule has 0 nitrogen and oxygen atoms in total. The van der Waals surface area contributed by atoms with Crippen LogP contribution in [-0.2, 0) is 0 Å². The van der Waals surface area contributed by atoms with E-state index in [1.807, 2.05) is 0 Å². The van der Waals surface area contributed by atoms with Crippen LogP contribution in [0.3, 0.4) is 0 Å². The minimum Gasteiger partial charge on any atom is -0.0622 e. The third-order valence-electron chi connectivity index (χ3n) is 7.46. The van der Waals surface area contributed by atoms with Gasteiger partial charge < -0.3 is 0 Å². The average molecular weight is 483 g/mol. The molecule has 38 heavy (non-hydrogen) atoms. The Kier molecular flexibility index (Phi) is 5.57. The SMILES string of the molecule is c1ccc(-c2cccc3c(-c4ccccc4)c4c(-c5ccccc5)cccc4c(-c4ccccc4)c23)cc1. The zero-order valence-electron chi connectivity index (χ0n) is 21.0. The van der Waals surface area contributed by atoms with Crippen LogP contribution in [0.1, 0.15) is 0 Å². The van der Waals surface area contributed by atoms with Gasteiger partial charge in [0.25, 0.3) is 0 Å². The van der Waals surface area contributed by atoms with E-state index in [-0.39, 0.29) is 0 Å². The zero-order valence-corrected chi connectivity index (χ0v) is 21.0. The molecule has 0 saturated carbocycles. The van der Waals surface area contributed by atoms with Crippen molar-refractivity contribution in [3.8, 4) is 44.5 Å². The van der Waals surface area contributed by atoms with Crippen molar-refractivity contribution in [3.05, 3.63) is 158 Å². The molecule has 0 aromatic heterocycles. The van der Waals surface area contributed by atoms with Crippen molar-refractivity contribution in [1.82, 2.24) is 0 Å². The van der Waals surface area contributed by atoms with Gasteiger partial charge in [0, 0.05) is 0 Å². The molecule has 7 rings (SSSR count). The van der Waals surface area contributed by atoms with Crippen LogP contribution < -0.4 is 0 Å². The van der Waals surface area contributed by atoms with Gasteiger partial charge in [-0.15, -0.1) is 0 Å². The Balaban J connectivity index is 1.76. The van der Waals surface area contributed by atoms with Crippen molar-refractivity contribution in [2.75, 3.05) is 0 Å². The molecule has 0 fully saturated rings. The summed E-state index contributed by atoms with van der Waals surface area (Å²) >= 11 is 0. The molecule has 7 aromatic carbocycles. The maximum Gasteiger partial charge on any atom is -0.00141 e. The zero-order chi connectivity index (χ0) is 25.3. The molecule has 0 aliphatic heterocycles. The number of benzene rings is 7. The monoisotopic (exact) mass is 482 g/mol. The highest BCUT2D eigenvalue weighted by Gasteiger charge is 2.21. The fourth-order valence-corrected chi connectivity index (χ4v) is 5.86. The smallest absolute Gasteiger partial charge is 0.00141 e. The third-order valence-corrected chi connectivity index (χ3v) is 7.46. The van der Waals surface area contributed by atoms with E-state index in [9.17, 15) is 0 Å². The Labute approximate surface area is 223 Å². The van der Waals surface area contributed by atoms with E-state index in [0.717, 1.165) is 0 Å². The van der Waals surface area contributed by atoms with Crippen LogP contribution >= 0.6 is 0 Å². The first-order valence-corrected chi connectivity index (χ1v) is 13.1. The topological polar surface area (TPSA) is 0 Å². The molecule has 0 aliphatic rings. The number of fused-ring (bicyclic) bond motifs is 2. The predicted octanol–water partition coefficient (Wildman–Crippen LogP) is 10.7. The minimum atomic E-state index is 1.23. The number of hydrogen-bond acceptors (Lipinski definition) is 0. The number of hydrogen-bond donors (Lipinski definition) is 0. The largest absolute Gasteiger partial charge is 0.0622 e. The van der Waals surface area contributed by atoms with Gasteiger partial charge in [0.15, 0.2) is 0 Å². The van der Waals surface area contributed by atoms with Crippen molar-refractivity contribution in [1.29, 1.82) is 0 Å². The highest BCUT2D eigenvalue weighted by molar-refractivity contribution is 6.27. The molecular weight excluding hydrogens is 456 g/mol. The predicted molar refractivity (Wildman–Crippen MR) is 163 cm³/mol. The molecule has 0 heterocycles. The lowest BCUT2D eigenvalue weighted by Gasteiger charge is -2.22. The lowest BCUT2D eigenvalue weighted by molar-refractivity contribution is 1.62. The first kappa shape index (κ1) is 22.3. The standard InChI is InChI=1S/C38H26/c1-5-15-27(16-6-1)31-23-13-25-33-36(30-21-11-4-12-22-30)38-32(28-17-7-2-8-18-28)24-14-26-34(38)35(37(31)33)29-19-9-3-10-20-29/h1-26H. The summed E-state index contributed by atoms with van der Waals surface area (Å²) < 4.78 is 0. The molecule has 178 valence electrons. The third kappa shape index (κ3) is 3.70. The highest BCUT2D eigenvalue weighted by atomic mass is 14.2. The van der Waals surface area contributed by atoms with Crippen molar-refractivity contribution in [2.24, 2.45) is 0 Å². The van der Waals surface area contributed by atoms with Gasteiger partial charge in [0.1, 0.15) is 0 Å². The van der Waals surface area contributed by atoms with E-state index in [4.69, 9.17) is 0 Å². The van der Waals surface area contributed by atoms with E-state index in [1.54, 1.807) is 0 Å². The Morgan fingerprint density at radius 1 is 0.237 bits per heavy atom. The molecule has 0 amide bonds.